The summed E-state index contributed by atoms with van der Waals surface area (Å²) in [6, 6.07) is 7.85. The van der Waals surface area contributed by atoms with Crippen molar-refractivity contribution < 1.29 is 14.3 Å². The number of carbonyl (C=O) groups excluding carboxylic acids is 2. The Labute approximate surface area is 161 Å². The van der Waals surface area contributed by atoms with Gasteiger partial charge in [-0.2, -0.15) is 0 Å². The molecule has 1 heterocycles. The van der Waals surface area contributed by atoms with Crippen LogP contribution in [0.4, 0.5) is 0 Å². The molecule has 0 radical (unpaired) electrons. The molecule has 0 bridgehead atoms. The van der Waals surface area contributed by atoms with Crippen molar-refractivity contribution in [2.24, 2.45) is 0 Å². The Morgan fingerprint density at radius 3 is 2.27 bits per heavy atom. The molecule has 0 saturated carbocycles. The second kappa shape index (κ2) is 9.53. The van der Waals surface area contributed by atoms with E-state index >= 15 is 0 Å². The largest absolute Gasteiger partial charge is 0.466 e. The van der Waals surface area contributed by atoms with E-state index in [2.05, 4.69) is 9.80 Å². The Hall–Kier alpha value is -1.37. The van der Waals surface area contributed by atoms with E-state index in [4.69, 9.17) is 4.74 Å². The summed E-state index contributed by atoms with van der Waals surface area (Å²) in [4.78, 5) is 30.2. The average Bonchev–Trinajstić information content (AvgIpc) is 2.66. The van der Waals surface area contributed by atoms with Crippen molar-refractivity contribution in [2.45, 2.75) is 37.6 Å². The van der Waals surface area contributed by atoms with Gasteiger partial charge >= 0.3 is 5.97 Å². The number of ketones is 1. The van der Waals surface area contributed by atoms with Gasteiger partial charge in [0.05, 0.1) is 18.6 Å². The van der Waals surface area contributed by atoms with E-state index in [1.54, 1.807) is 11.8 Å². The molecule has 2 rings (SSSR count). The molecule has 1 aliphatic heterocycles. The zero-order chi connectivity index (χ0) is 19.2. The topological polar surface area (TPSA) is 49.9 Å². The molecule has 26 heavy (non-hydrogen) atoms. The van der Waals surface area contributed by atoms with Crippen molar-refractivity contribution in [3.05, 3.63) is 29.8 Å². The third kappa shape index (κ3) is 5.32. The minimum Gasteiger partial charge on any atom is -0.466 e. The van der Waals surface area contributed by atoms with E-state index in [0.717, 1.165) is 43.2 Å². The Morgan fingerprint density at radius 2 is 1.73 bits per heavy atom. The molecule has 1 aromatic carbocycles. The number of nitrogens with zero attached hydrogens (tertiary/aromatic N) is 2. The predicted octanol–water partition coefficient (Wildman–Crippen LogP) is 2.94. The Balaban J connectivity index is 1.89. The van der Waals surface area contributed by atoms with Crippen LogP contribution in [0.25, 0.3) is 0 Å². The summed E-state index contributed by atoms with van der Waals surface area (Å²) < 4.78 is 4.98. The second-order valence-corrected chi connectivity index (χ2v) is 7.88. The van der Waals surface area contributed by atoms with Gasteiger partial charge in [0.25, 0.3) is 0 Å². The number of rotatable bonds is 8. The zero-order valence-corrected chi connectivity index (χ0v) is 17.1. The summed E-state index contributed by atoms with van der Waals surface area (Å²) in [5.41, 5.74) is 0.228. The molecule has 1 aromatic rings. The number of carbonyl (C=O) groups is 2. The lowest BCUT2D eigenvalue weighted by Crippen LogP contribution is -2.58. The van der Waals surface area contributed by atoms with E-state index < -0.39 is 5.54 Å². The van der Waals surface area contributed by atoms with Gasteiger partial charge in [-0.15, -0.1) is 11.8 Å². The van der Waals surface area contributed by atoms with Gasteiger partial charge in [-0.05, 0) is 39.2 Å². The van der Waals surface area contributed by atoms with E-state index in [0.29, 0.717) is 13.0 Å². The number of hydrogen-bond donors (Lipinski definition) is 0. The maximum absolute atomic E-state index is 13.0. The first-order valence-electron chi connectivity index (χ1n) is 9.20. The van der Waals surface area contributed by atoms with Crippen molar-refractivity contribution >= 4 is 23.5 Å². The highest BCUT2D eigenvalue weighted by Crippen LogP contribution is 2.24. The van der Waals surface area contributed by atoms with Gasteiger partial charge < -0.3 is 9.64 Å². The summed E-state index contributed by atoms with van der Waals surface area (Å²) in [7, 11) is 0. The van der Waals surface area contributed by atoms with E-state index in [1.165, 1.54) is 0 Å². The Bertz CT molecular complexity index is 608. The number of esters is 1. The van der Waals surface area contributed by atoms with Crippen LogP contribution in [0.15, 0.2) is 29.2 Å². The van der Waals surface area contributed by atoms with Gasteiger partial charge in [0, 0.05) is 43.2 Å². The van der Waals surface area contributed by atoms with Crippen LogP contribution in [-0.4, -0.2) is 72.7 Å². The van der Waals surface area contributed by atoms with Gasteiger partial charge in [-0.1, -0.05) is 12.1 Å². The maximum Gasteiger partial charge on any atom is 0.307 e. The van der Waals surface area contributed by atoms with E-state index in [-0.39, 0.29) is 11.8 Å². The van der Waals surface area contributed by atoms with Crippen LogP contribution < -0.4 is 0 Å². The minimum absolute atomic E-state index is 0.140. The standard InChI is InChI=1S/C20H30N2O3S/c1-5-25-18(23)10-11-21-12-14-22(15-13-21)20(2,3)19(24)16-6-8-17(26-4)9-7-16/h6-9H,5,10-15H2,1-4H3. The normalized spacial score (nSPS) is 16.5. The Morgan fingerprint density at radius 1 is 1.12 bits per heavy atom. The number of Topliss-reactive ketones (excluding diaryl/α,β-unsaturated/α-hetero) is 1. The number of piperazine rings is 1. The minimum atomic E-state index is -0.534. The summed E-state index contributed by atoms with van der Waals surface area (Å²) in [6.07, 6.45) is 2.46. The molecule has 0 spiro atoms. The van der Waals surface area contributed by atoms with Crippen LogP contribution in [0.1, 0.15) is 37.6 Å². The third-order valence-corrected chi connectivity index (χ3v) is 5.75. The molecule has 0 unspecified atom stereocenters. The van der Waals surface area contributed by atoms with Crippen LogP contribution in [0.5, 0.6) is 0 Å². The first kappa shape index (κ1) is 20.9. The van der Waals surface area contributed by atoms with Gasteiger partial charge in [-0.25, -0.2) is 0 Å². The number of benzene rings is 1. The lowest BCUT2D eigenvalue weighted by Gasteiger charge is -2.43. The molecule has 6 heteroatoms. The predicted molar refractivity (Wildman–Crippen MR) is 106 cm³/mol. The van der Waals surface area contributed by atoms with Gasteiger partial charge in [0.1, 0.15) is 0 Å². The average molecular weight is 379 g/mol. The van der Waals surface area contributed by atoms with E-state index in [1.807, 2.05) is 51.3 Å². The fraction of sp³-hybridized carbons (Fsp3) is 0.600. The lowest BCUT2D eigenvalue weighted by molar-refractivity contribution is -0.143. The molecule has 1 aliphatic rings. The summed E-state index contributed by atoms with van der Waals surface area (Å²) in [6.45, 7) is 10.4. The molecule has 0 N–H and O–H groups in total. The van der Waals surface area contributed by atoms with Gasteiger partial charge in [0.15, 0.2) is 5.78 Å². The van der Waals surface area contributed by atoms with Crippen LogP contribution in [-0.2, 0) is 9.53 Å². The number of ether oxygens (including phenoxy) is 1. The fourth-order valence-corrected chi connectivity index (χ4v) is 3.66. The van der Waals surface area contributed by atoms with Crippen molar-refractivity contribution in [3.8, 4) is 0 Å². The monoisotopic (exact) mass is 378 g/mol. The van der Waals surface area contributed by atoms with Crippen LogP contribution in [0.2, 0.25) is 0 Å². The van der Waals surface area contributed by atoms with Crippen molar-refractivity contribution in [1.29, 1.82) is 0 Å². The number of hydrogen-bond acceptors (Lipinski definition) is 6. The molecule has 0 atom stereocenters. The highest BCUT2D eigenvalue weighted by atomic mass is 32.2. The summed E-state index contributed by atoms with van der Waals surface area (Å²) >= 11 is 1.67. The molecule has 144 valence electrons. The van der Waals surface area contributed by atoms with Crippen LogP contribution >= 0.6 is 11.8 Å². The SMILES string of the molecule is CCOC(=O)CCN1CCN(C(C)(C)C(=O)c2ccc(SC)cc2)CC1. The maximum atomic E-state index is 13.0. The molecule has 0 aliphatic carbocycles. The molecular weight excluding hydrogens is 348 g/mol. The number of thioether (sulfide) groups is 1. The van der Waals surface area contributed by atoms with Gasteiger partial charge in [0.2, 0.25) is 0 Å². The quantitative estimate of drug-likeness (QED) is 0.394. The smallest absolute Gasteiger partial charge is 0.307 e. The highest BCUT2D eigenvalue weighted by molar-refractivity contribution is 7.98. The molecule has 5 nitrogen and oxygen atoms in total. The van der Waals surface area contributed by atoms with Crippen molar-refractivity contribution in [2.75, 3.05) is 45.6 Å². The molecule has 0 aromatic heterocycles. The summed E-state index contributed by atoms with van der Waals surface area (Å²) in [5, 5.41) is 0. The highest BCUT2D eigenvalue weighted by Gasteiger charge is 2.36. The van der Waals surface area contributed by atoms with Crippen LogP contribution in [0.3, 0.4) is 0 Å². The van der Waals surface area contributed by atoms with Crippen molar-refractivity contribution in [1.82, 2.24) is 9.80 Å². The lowest BCUT2D eigenvalue weighted by atomic mass is 9.90. The van der Waals surface area contributed by atoms with Gasteiger partial charge in [-0.3, -0.25) is 14.5 Å². The molecule has 1 saturated heterocycles. The first-order chi connectivity index (χ1) is 12.4. The first-order valence-corrected chi connectivity index (χ1v) is 10.4. The summed E-state index contributed by atoms with van der Waals surface area (Å²) in [5.74, 6) is 0.0178. The molecule has 1 fully saturated rings. The van der Waals surface area contributed by atoms with Crippen LogP contribution in [0, 0.1) is 0 Å². The Kier molecular flexibility index (Phi) is 7.68. The molecular formula is C20H30N2O3S. The fourth-order valence-electron chi connectivity index (χ4n) is 3.25. The second-order valence-electron chi connectivity index (χ2n) is 7.00. The zero-order valence-electron chi connectivity index (χ0n) is 16.3. The molecule has 0 amide bonds. The third-order valence-electron chi connectivity index (χ3n) is 5.01. The van der Waals surface area contributed by atoms with Crippen molar-refractivity contribution in [3.63, 3.8) is 0 Å². The van der Waals surface area contributed by atoms with E-state index in [9.17, 15) is 9.59 Å².